The lowest BCUT2D eigenvalue weighted by atomic mass is 10.2. The zero-order chi connectivity index (χ0) is 10.4. The van der Waals surface area contributed by atoms with E-state index in [4.69, 9.17) is 4.74 Å². The summed E-state index contributed by atoms with van der Waals surface area (Å²) in [6, 6.07) is 9.55. The van der Waals surface area contributed by atoms with Crippen LogP contribution in [0.2, 0.25) is 0 Å². The first-order valence-corrected chi connectivity index (χ1v) is 6.18. The van der Waals surface area contributed by atoms with Crippen LogP contribution >= 0.6 is 0 Å². The van der Waals surface area contributed by atoms with Crippen molar-refractivity contribution in [3.05, 3.63) is 35.9 Å². The molecule has 0 bridgehead atoms. The molecule has 0 N–H and O–H groups in total. The minimum Gasteiger partial charge on any atom is -0.443 e. The molecular weight excluding hydrogens is 198 g/mol. The second-order valence-electron chi connectivity index (χ2n) is 2.90. The topological polar surface area (TPSA) is 38.7 Å². The molecule has 0 aliphatic rings. The molecule has 3 nitrogen and oxygen atoms in total. The van der Waals surface area contributed by atoms with Gasteiger partial charge in [-0.2, -0.15) is 4.36 Å². The van der Waals surface area contributed by atoms with Crippen molar-refractivity contribution in [1.82, 2.24) is 0 Å². The molecule has 0 aliphatic carbocycles. The van der Waals surface area contributed by atoms with Crippen molar-refractivity contribution >= 4 is 16.8 Å². The van der Waals surface area contributed by atoms with Gasteiger partial charge in [0, 0.05) is 0 Å². The number of rotatable bonds is 2. The molecule has 0 atom stereocenters. The Morgan fingerprint density at radius 3 is 2.57 bits per heavy atom. The molecule has 0 aromatic heterocycles. The lowest BCUT2D eigenvalue weighted by Crippen LogP contribution is -2.00. The second-order valence-corrected chi connectivity index (χ2v) is 4.63. The van der Waals surface area contributed by atoms with Gasteiger partial charge in [0.2, 0.25) is 0 Å². The fourth-order valence-corrected chi connectivity index (χ4v) is 1.25. The number of nitrogens with zero attached hydrogens (tertiary/aromatic N) is 1. The Balaban J connectivity index is 2.42. The van der Waals surface area contributed by atoms with Crippen molar-refractivity contribution in [2.45, 2.75) is 6.61 Å². The van der Waals surface area contributed by atoms with Crippen molar-refractivity contribution in [2.75, 3.05) is 12.5 Å². The van der Waals surface area contributed by atoms with Crippen molar-refractivity contribution in [3.8, 4) is 0 Å². The largest absolute Gasteiger partial charge is 0.443 e. The Kier molecular flexibility index (Phi) is 4.32. The first kappa shape index (κ1) is 10.9. The summed E-state index contributed by atoms with van der Waals surface area (Å²) in [4.78, 5) is 11.0. The van der Waals surface area contributed by atoms with Gasteiger partial charge in [-0.15, -0.1) is 0 Å². The zero-order valence-electron chi connectivity index (χ0n) is 8.27. The molecule has 0 saturated carbocycles. The summed E-state index contributed by atoms with van der Waals surface area (Å²) in [7, 11) is -0.253. The molecule has 0 aliphatic heterocycles. The molecule has 0 fully saturated rings. The molecule has 0 radical (unpaired) electrons. The van der Waals surface area contributed by atoms with E-state index in [2.05, 4.69) is 4.36 Å². The number of benzene rings is 1. The first-order valence-electron chi connectivity index (χ1n) is 4.18. The van der Waals surface area contributed by atoms with E-state index in [-0.39, 0.29) is 10.7 Å². The lowest BCUT2D eigenvalue weighted by molar-refractivity contribution is 0.151. The molecule has 4 heteroatoms. The van der Waals surface area contributed by atoms with Gasteiger partial charge in [0.25, 0.3) is 0 Å². The second kappa shape index (κ2) is 5.54. The van der Waals surface area contributed by atoms with E-state index in [9.17, 15) is 4.79 Å². The molecule has 14 heavy (non-hydrogen) atoms. The van der Waals surface area contributed by atoms with Crippen LogP contribution in [0.25, 0.3) is 0 Å². The number of carbonyl (C=O) groups is 1. The minimum absolute atomic E-state index is 0.253. The van der Waals surface area contributed by atoms with Gasteiger partial charge in [-0.3, -0.25) is 0 Å². The molecule has 76 valence electrons. The average Bonchev–Trinajstić information content (AvgIpc) is 2.15. The van der Waals surface area contributed by atoms with E-state index >= 15 is 0 Å². The fraction of sp³-hybridized carbons (Fsp3) is 0.300. The zero-order valence-corrected chi connectivity index (χ0v) is 9.08. The number of hydrogen-bond donors (Lipinski definition) is 0. The molecule has 0 unspecified atom stereocenters. The van der Waals surface area contributed by atoms with Crippen molar-refractivity contribution in [2.24, 2.45) is 4.36 Å². The Morgan fingerprint density at radius 1 is 1.36 bits per heavy atom. The smallest absolute Gasteiger partial charge is 0.439 e. The maximum absolute atomic E-state index is 11.0. The van der Waals surface area contributed by atoms with Crippen LogP contribution in [0.3, 0.4) is 0 Å². The number of carbonyl (C=O) groups excluding carboxylic acids is 1. The van der Waals surface area contributed by atoms with Crippen LogP contribution in [-0.4, -0.2) is 18.6 Å². The highest BCUT2D eigenvalue weighted by molar-refractivity contribution is 7.86. The van der Waals surface area contributed by atoms with Crippen LogP contribution in [0, 0.1) is 0 Å². The van der Waals surface area contributed by atoms with Crippen LogP contribution in [0.4, 0.5) is 4.79 Å². The van der Waals surface area contributed by atoms with Crippen LogP contribution in [0.1, 0.15) is 5.56 Å². The molecule has 1 rings (SSSR count). The van der Waals surface area contributed by atoms with E-state index in [0.717, 1.165) is 5.56 Å². The highest BCUT2D eigenvalue weighted by atomic mass is 32.2. The van der Waals surface area contributed by atoms with Crippen molar-refractivity contribution in [1.29, 1.82) is 0 Å². The minimum atomic E-state index is -0.484. The third-order valence-electron chi connectivity index (χ3n) is 1.46. The summed E-state index contributed by atoms with van der Waals surface area (Å²) >= 11 is 0. The van der Waals surface area contributed by atoms with Gasteiger partial charge in [-0.05, 0) is 18.1 Å². The number of hydrogen-bond acceptors (Lipinski definition) is 2. The van der Waals surface area contributed by atoms with Crippen LogP contribution in [0.15, 0.2) is 34.7 Å². The molecule has 0 saturated heterocycles. The SMILES string of the molecule is CS(C)=NC(=O)OCc1ccccc1. The first-order chi connectivity index (χ1) is 6.68. The van der Waals surface area contributed by atoms with E-state index in [1.54, 1.807) is 0 Å². The van der Waals surface area contributed by atoms with Crippen molar-refractivity contribution in [3.63, 3.8) is 0 Å². The van der Waals surface area contributed by atoms with Crippen molar-refractivity contribution < 1.29 is 9.53 Å². The molecule has 0 spiro atoms. The van der Waals surface area contributed by atoms with Gasteiger partial charge in [0.05, 0.1) is 0 Å². The number of amides is 1. The predicted molar refractivity (Wildman–Crippen MR) is 58.3 cm³/mol. The molecule has 1 amide bonds. The van der Waals surface area contributed by atoms with E-state index < -0.39 is 6.09 Å². The quantitative estimate of drug-likeness (QED) is 0.753. The lowest BCUT2D eigenvalue weighted by Gasteiger charge is -2.01. The maximum Gasteiger partial charge on any atom is 0.439 e. The van der Waals surface area contributed by atoms with Crippen LogP contribution in [0.5, 0.6) is 0 Å². The molecular formula is C10H13NO2S. The molecule has 0 heterocycles. The summed E-state index contributed by atoms with van der Waals surface area (Å²) < 4.78 is 8.70. The predicted octanol–water partition coefficient (Wildman–Crippen LogP) is 2.38. The van der Waals surface area contributed by atoms with Gasteiger partial charge in [0.15, 0.2) is 0 Å². The van der Waals surface area contributed by atoms with Gasteiger partial charge in [-0.25, -0.2) is 4.79 Å². The van der Waals surface area contributed by atoms with Crippen LogP contribution in [-0.2, 0) is 22.0 Å². The van der Waals surface area contributed by atoms with Crippen LogP contribution < -0.4 is 0 Å². The van der Waals surface area contributed by atoms with E-state index in [1.165, 1.54) is 0 Å². The van der Waals surface area contributed by atoms with Gasteiger partial charge in [0.1, 0.15) is 6.61 Å². The van der Waals surface area contributed by atoms with Gasteiger partial charge >= 0.3 is 6.09 Å². The summed E-state index contributed by atoms with van der Waals surface area (Å²) in [5, 5.41) is 0. The number of ether oxygens (including phenoxy) is 1. The Morgan fingerprint density at radius 2 is 2.00 bits per heavy atom. The highest BCUT2D eigenvalue weighted by Gasteiger charge is 1.99. The standard InChI is InChI=1S/C10H13NO2S/c1-14(2)11-10(12)13-8-9-6-4-3-5-7-9/h3-7H,8H2,1-2H3. The van der Waals surface area contributed by atoms with Gasteiger partial charge < -0.3 is 4.74 Å². The fourth-order valence-electron chi connectivity index (χ4n) is 0.895. The summed E-state index contributed by atoms with van der Waals surface area (Å²) in [6.07, 6.45) is 3.25. The summed E-state index contributed by atoms with van der Waals surface area (Å²) in [5.41, 5.74) is 0.975. The molecule has 1 aromatic carbocycles. The Bertz CT molecular complexity index is 331. The molecule has 1 aromatic rings. The highest BCUT2D eigenvalue weighted by Crippen LogP contribution is 2.01. The monoisotopic (exact) mass is 211 g/mol. The maximum atomic E-state index is 11.0. The van der Waals surface area contributed by atoms with E-state index in [0.29, 0.717) is 6.61 Å². The third kappa shape index (κ3) is 4.18. The van der Waals surface area contributed by atoms with Gasteiger partial charge in [-0.1, -0.05) is 41.0 Å². The Labute approximate surface area is 86.2 Å². The average molecular weight is 211 g/mol. The van der Waals surface area contributed by atoms with E-state index in [1.807, 2.05) is 42.8 Å². The normalized spacial score (nSPS) is 9.93. The summed E-state index contributed by atoms with van der Waals surface area (Å²) in [5.74, 6) is 0. The third-order valence-corrected chi connectivity index (χ3v) is 1.98. The summed E-state index contributed by atoms with van der Waals surface area (Å²) in [6.45, 7) is 0.292. The Hall–Kier alpha value is -1.16.